The molecule has 0 aliphatic heterocycles. The summed E-state index contributed by atoms with van der Waals surface area (Å²) in [5.74, 6) is -0.611. The van der Waals surface area contributed by atoms with E-state index < -0.39 is 5.97 Å². The van der Waals surface area contributed by atoms with Gasteiger partial charge in [-0.25, -0.2) is 9.97 Å². The molecule has 3 aromatic rings. The first-order valence-corrected chi connectivity index (χ1v) is 9.12. The van der Waals surface area contributed by atoms with Crippen LogP contribution in [0.1, 0.15) is 6.42 Å². The molecule has 0 fully saturated rings. The fraction of sp³-hybridized carbons (Fsp3) is 0.133. The summed E-state index contributed by atoms with van der Waals surface area (Å²) in [4.78, 5) is 20.1. The third-order valence-electron chi connectivity index (χ3n) is 3.04. The lowest BCUT2D eigenvalue weighted by molar-refractivity contribution is -0.305. The number of thioether (sulfide) groups is 1. The molecular weight excluding hydrogens is 384 g/mol. The van der Waals surface area contributed by atoms with Crippen molar-refractivity contribution in [3.05, 3.63) is 40.4 Å². The molecule has 0 aliphatic rings. The number of thiophene rings is 1. The molecule has 0 bridgehead atoms. The maximum absolute atomic E-state index is 10.6. The van der Waals surface area contributed by atoms with Crippen LogP contribution in [0.3, 0.4) is 0 Å². The topological polar surface area (TPSA) is 65.9 Å². The van der Waals surface area contributed by atoms with Gasteiger partial charge in [-0.2, -0.15) is 0 Å². The molecule has 0 amide bonds. The van der Waals surface area contributed by atoms with Crippen molar-refractivity contribution in [3.63, 3.8) is 0 Å². The third kappa shape index (κ3) is 3.31. The molecule has 0 N–H and O–H groups in total. The molecule has 0 spiro atoms. The van der Waals surface area contributed by atoms with E-state index in [1.54, 1.807) is 11.3 Å². The first kappa shape index (κ1) is 15.5. The maximum Gasteiger partial charge on any atom is 0.128 e. The van der Waals surface area contributed by atoms with Crippen molar-refractivity contribution >= 4 is 55.2 Å². The zero-order chi connectivity index (χ0) is 15.5. The Balaban J connectivity index is 2.00. The Morgan fingerprint density at radius 3 is 2.77 bits per heavy atom. The Hall–Kier alpha value is -1.44. The lowest BCUT2D eigenvalue weighted by Gasteiger charge is -2.06. The van der Waals surface area contributed by atoms with E-state index >= 15 is 0 Å². The summed E-state index contributed by atoms with van der Waals surface area (Å²) < 4.78 is 1.02. The summed E-state index contributed by atoms with van der Waals surface area (Å²) in [6.07, 6.45) is 1.53. The van der Waals surface area contributed by atoms with E-state index in [0.717, 1.165) is 30.8 Å². The number of aromatic nitrogens is 2. The second-order valence-electron chi connectivity index (χ2n) is 4.49. The van der Waals surface area contributed by atoms with Gasteiger partial charge in [-0.1, -0.05) is 28.1 Å². The van der Waals surface area contributed by atoms with Crippen molar-refractivity contribution in [3.8, 4) is 11.1 Å². The molecular formula is C15H10BrN2O2S2-. The predicted octanol–water partition coefficient (Wildman–Crippen LogP) is 3.35. The average molecular weight is 394 g/mol. The molecule has 112 valence electrons. The SMILES string of the molecule is O=C([O-])CCSc1ncnc2scc(-c3ccc(Br)cc3)c12. The van der Waals surface area contributed by atoms with Crippen LogP contribution in [0.5, 0.6) is 0 Å². The van der Waals surface area contributed by atoms with E-state index in [0.29, 0.717) is 5.75 Å². The molecule has 0 aliphatic carbocycles. The number of carbonyl (C=O) groups is 1. The van der Waals surface area contributed by atoms with Gasteiger partial charge in [0.05, 0.1) is 5.39 Å². The Morgan fingerprint density at radius 2 is 2.05 bits per heavy atom. The Labute approximate surface area is 143 Å². The fourth-order valence-electron chi connectivity index (χ4n) is 2.03. The second kappa shape index (κ2) is 6.76. The van der Waals surface area contributed by atoms with Gasteiger partial charge in [0.15, 0.2) is 0 Å². The van der Waals surface area contributed by atoms with Gasteiger partial charge in [0.2, 0.25) is 0 Å². The van der Waals surface area contributed by atoms with Crippen molar-refractivity contribution in [1.29, 1.82) is 0 Å². The Bertz CT molecular complexity index is 818. The van der Waals surface area contributed by atoms with E-state index in [1.165, 1.54) is 18.1 Å². The van der Waals surface area contributed by atoms with Crippen molar-refractivity contribution in [2.75, 3.05) is 5.75 Å². The molecule has 7 heteroatoms. The first-order valence-electron chi connectivity index (χ1n) is 6.46. The smallest absolute Gasteiger partial charge is 0.128 e. The zero-order valence-electron chi connectivity index (χ0n) is 11.3. The number of nitrogens with zero attached hydrogens (tertiary/aromatic N) is 2. The van der Waals surface area contributed by atoms with Crippen LogP contribution in [0, 0.1) is 0 Å². The summed E-state index contributed by atoms with van der Waals surface area (Å²) in [5.41, 5.74) is 2.16. The molecule has 22 heavy (non-hydrogen) atoms. The van der Waals surface area contributed by atoms with Crippen LogP contribution in [0.4, 0.5) is 0 Å². The lowest BCUT2D eigenvalue weighted by atomic mass is 10.1. The number of hydrogen-bond acceptors (Lipinski definition) is 6. The monoisotopic (exact) mass is 393 g/mol. The van der Waals surface area contributed by atoms with Crippen molar-refractivity contribution < 1.29 is 9.90 Å². The minimum Gasteiger partial charge on any atom is -0.550 e. The number of aliphatic carboxylic acids is 1. The highest BCUT2D eigenvalue weighted by atomic mass is 79.9. The summed E-state index contributed by atoms with van der Waals surface area (Å²) in [6, 6.07) is 8.06. The van der Waals surface area contributed by atoms with Gasteiger partial charge in [0.1, 0.15) is 16.2 Å². The van der Waals surface area contributed by atoms with E-state index in [9.17, 15) is 9.90 Å². The van der Waals surface area contributed by atoms with E-state index in [4.69, 9.17) is 0 Å². The summed E-state index contributed by atoms with van der Waals surface area (Å²) in [7, 11) is 0. The van der Waals surface area contributed by atoms with Crippen LogP contribution in [0.2, 0.25) is 0 Å². The number of benzene rings is 1. The zero-order valence-corrected chi connectivity index (χ0v) is 14.5. The van der Waals surface area contributed by atoms with Crippen molar-refractivity contribution in [1.82, 2.24) is 9.97 Å². The first-order chi connectivity index (χ1) is 10.6. The molecule has 0 atom stereocenters. The van der Waals surface area contributed by atoms with Crippen LogP contribution in [-0.4, -0.2) is 21.7 Å². The highest BCUT2D eigenvalue weighted by Crippen LogP contribution is 2.38. The van der Waals surface area contributed by atoms with Gasteiger partial charge < -0.3 is 9.90 Å². The molecule has 0 radical (unpaired) electrons. The number of fused-ring (bicyclic) bond motifs is 1. The standard InChI is InChI=1S/C15H11BrN2O2S2/c16-10-3-1-9(2-4-10)11-7-22-15-13(11)14(17-8-18-15)21-6-5-12(19)20/h1-4,7-8H,5-6H2,(H,19,20)/p-1. The van der Waals surface area contributed by atoms with E-state index in [1.807, 2.05) is 24.3 Å². The minimum absolute atomic E-state index is 0.00785. The number of carboxylic acid groups (broad SMARTS) is 1. The molecule has 1 aromatic carbocycles. The van der Waals surface area contributed by atoms with E-state index in [-0.39, 0.29) is 6.42 Å². The van der Waals surface area contributed by atoms with Gasteiger partial charge in [0.25, 0.3) is 0 Å². The molecule has 4 nitrogen and oxygen atoms in total. The van der Waals surface area contributed by atoms with Crippen LogP contribution in [-0.2, 0) is 4.79 Å². The van der Waals surface area contributed by atoms with Crippen LogP contribution in [0.15, 0.2) is 45.5 Å². The molecule has 3 rings (SSSR count). The number of hydrogen-bond donors (Lipinski definition) is 0. The third-order valence-corrected chi connectivity index (χ3v) is 5.44. The number of carboxylic acids is 1. The summed E-state index contributed by atoms with van der Waals surface area (Å²) >= 11 is 6.42. The fourth-order valence-corrected chi connectivity index (χ4v) is 4.21. The normalized spacial score (nSPS) is 11.0. The van der Waals surface area contributed by atoms with Crippen molar-refractivity contribution in [2.45, 2.75) is 11.4 Å². The molecule has 2 heterocycles. The summed E-state index contributed by atoms with van der Waals surface area (Å²) in [5, 5.41) is 14.4. The molecule has 0 unspecified atom stereocenters. The quantitative estimate of drug-likeness (QED) is 0.491. The number of halogens is 1. The summed E-state index contributed by atoms with van der Waals surface area (Å²) in [6.45, 7) is 0. The van der Waals surface area contributed by atoms with E-state index in [2.05, 4.69) is 31.3 Å². The molecule has 0 saturated carbocycles. The van der Waals surface area contributed by atoms with Gasteiger partial charge in [-0.05, 0) is 24.1 Å². The Morgan fingerprint density at radius 1 is 1.27 bits per heavy atom. The average Bonchev–Trinajstić information content (AvgIpc) is 2.93. The van der Waals surface area contributed by atoms with Gasteiger partial charge in [0, 0.05) is 27.1 Å². The largest absolute Gasteiger partial charge is 0.550 e. The highest BCUT2D eigenvalue weighted by Gasteiger charge is 2.13. The number of rotatable bonds is 5. The van der Waals surface area contributed by atoms with Gasteiger partial charge in [-0.3, -0.25) is 0 Å². The Kier molecular flexibility index (Phi) is 4.75. The number of carbonyl (C=O) groups excluding carboxylic acids is 1. The van der Waals surface area contributed by atoms with Crippen molar-refractivity contribution in [2.24, 2.45) is 0 Å². The predicted molar refractivity (Wildman–Crippen MR) is 90.9 cm³/mol. The maximum atomic E-state index is 10.6. The lowest BCUT2D eigenvalue weighted by Crippen LogP contribution is -2.22. The van der Waals surface area contributed by atoms with Crippen LogP contribution < -0.4 is 5.11 Å². The van der Waals surface area contributed by atoms with Gasteiger partial charge in [-0.15, -0.1) is 23.1 Å². The van der Waals surface area contributed by atoms with Gasteiger partial charge >= 0.3 is 0 Å². The van der Waals surface area contributed by atoms with Crippen LogP contribution >= 0.6 is 39.0 Å². The molecule has 2 aromatic heterocycles. The second-order valence-corrected chi connectivity index (χ2v) is 7.34. The minimum atomic E-state index is -1.05. The highest BCUT2D eigenvalue weighted by molar-refractivity contribution is 9.10. The molecule has 0 saturated heterocycles. The van der Waals surface area contributed by atoms with Crippen LogP contribution in [0.25, 0.3) is 21.3 Å².